The summed E-state index contributed by atoms with van der Waals surface area (Å²) in [7, 11) is 0. The lowest BCUT2D eigenvalue weighted by Crippen LogP contribution is -1.92. The minimum absolute atomic E-state index is 0.802. The maximum Gasteiger partial charge on any atom is 0.181 e. The molecule has 96 valence electrons. The zero-order valence-corrected chi connectivity index (χ0v) is 11.4. The molecule has 2 aromatic heterocycles. The van der Waals surface area contributed by atoms with Crippen molar-refractivity contribution in [2.75, 3.05) is 0 Å². The Hall–Kier alpha value is -1.94. The van der Waals surface area contributed by atoms with Crippen LogP contribution in [0.3, 0.4) is 0 Å². The van der Waals surface area contributed by atoms with Crippen LogP contribution in [-0.2, 0) is 12.8 Å². The van der Waals surface area contributed by atoms with Gasteiger partial charge in [0.1, 0.15) is 5.82 Å². The van der Waals surface area contributed by atoms with Gasteiger partial charge < -0.3 is 0 Å². The Labute approximate surface area is 116 Å². The topological polar surface area (TPSA) is 41.6 Å². The molecule has 0 saturated carbocycles. The van der Waals surface area contributed by atoms with E-state index in [9.17, 15) is 0 Å². The number of aromatic amines is 1. The van der Waals surface area contributed by atoms with Crippen LogP contribution in [0.5, 0.6) is 0 Å². The van der Waals surface area contributed by atoms with Crippen molar-refractivity contribution in [1.82, 2.24) is 15.2 Å². The molecule has 0 spiro atoms. The second-order valence-electron chi connectivity index (χ2n) is 4.46. The summed E-state index contributed by atoms with van der Waals surface area (Å²) in [6.07, 6.45) is 3.10. The van der Waals surface area contributed by atoms with E-state index in [0.717, 1.165) is 36.5 Å². The predicted molar refractivity (Wildman–Crippen MR) is 78.2 cm³/mol. The van der Waals surface area contributed by atoms with E-state index in [1.54, 1.807) is 11.3 Å². The molecule has 0 fully saturated rings. The number of H-pyrrole nitrogens is 1. The first-order valence-electron chi connectivity index (χ1n) is 6.39. The smallest absolute Gasteiger partial charge is 0.181 e. The summed E-state index contributed by atoms with van der Waals surface area (Å²) in [5, 5.41) is 11.4. The van der Waals surface area contributed by atoms with Gasteiger partial charge in [-0.1, -0.05) is 30.3 Å². The molecule has 0 atom stereocenters. The molecular weight excluding hydrogens is 254 g/mol. The van der Waals surface area contributed by atoms with Crippen LogP contribution in [0.4, 0.5) is 0 Å². The van der Waals surface area contributed by atoms with E-state index >= 15 is 0 Å². The summed E-state index contributed by atoms with van der Waals surface area (Å²) in [6, 6.07) is 12.6. The maximum atomic E-state index is 4.52. The average Bonchev–Trinajstić information content (AvgIpc) is 3.10. The summed E-state index contributed by atoms with van der Waals surface area (Å²) in [4.78, 5) is 4.52. The van der Waals surface area contributed by atoms with Crippen LogP contribution in [0.25, 0.3) is 11.4 Å². The van der Waals surface area contributed by atoms with Crippen LogP contribution >= 0.6 is 11.3 Å². The van der Waals surface area contributed by atoms with Crippen molar-refractivity contribution in [2.45, 2.75) is 19.3 Å². The summed E-state index contributed by atoms with van der Waals surface area (Å²) >= 11 is 1.66. The van der Waals surface area contributed by atoms with E-state index in [4.69, 9.17) is 0 Å². The lowest BCUT2D eigenvalue weighted by molar-refractivity contribution is 0.775. The zero-order valence-electron chi connectivity index (χ0n) is 10.5. The molecule has 0 aliphatic carbocycles. The molecule has 1 N–H and O–H groups in total. The van der Waals surface area contributed by atoms with Crippen molar-refractivity contribution in [1.29, 1.82) is 0 Å². The number of nitrogens with zero attached hydrogens (tertiary/aromatic N) is 2. The Morgan fingerprint density at radius 1 is 1.05 bits per heavy atom. The first-order valence-corrected chi connectivity index (χ1v) is 7.34. The summed E-state index contributed by atoms with van der Waals surface area (Å²) < 4.78 is 0. The fraction of sp³-hybridized carbons (Fsp3) is 0.200. The second kappa shape index (κ2) is 5.80. The summed E-state index contributed by atoms with van der Waals surface area (Å²) in [5.41, 5.74) is 2.47. The van der Waals surface area contributed by atoms with Gasteiger partial charge in [-0.3, -0.25) is 5.10 Å². The van der Waals surface area contributed by atoms with Gasteiger partial charge >= 0.3 is 0 Å². The predicted octanol–water partition coefficient (Wildman–Crippen LogP) is 3.71. The van der Waals surface area contributed by atoms with Crippen LogP contribution in [-0.4, -0.2) is 15.2 Å². The minimum Gasteiger partial charge on any atom is -0.263 e. The van der Waals surface area contributed by atoms with Crippen molar-refractivity contribution in [3.63, 3.8) is 0 Å². The van der Waals surface area contributed by atoms with Crippen LogP contribution in [0, 0.1) is 0 Å². The Bertz CT molecular complexity index is 614. The number of aryl methyl sites for hydroxylation is 2. The highest BCUT2D eigenvalue weighted by molar-refractivity contribution is 7.08. The summed E-state index contributed by atoms with van der Waals surface area (Å²) in [6.45, 7) is 0. The zero-order chi connectivity index (χ0) is 12.9. The van der Waals surface area contributed by atoms with Gasteiger partial charge in [0, 0.05) is 17.4 Å². The molecule has 3 nitrogen and oxygen atoms in total. The molecule has 0 unspecified atom stereocenters. The number of hydrogen-bond acceptors (Lipinski definition) is 3. The summed E-state index contributed by atoms with van der Waals surface area (Å²) in [5.74, 6) is 1.77. The minimum atomic E-state index is 0.802. The van der Waals surface area contributed by atoms with E-state index in [1.807, 2.05) is 17.5 Å². The molecule has 2 heterocycles. The van der Waals surface area contributed by atoms with Crippen LogP contribution < -0.4 is 0 Å². The molecule has 0 aliphatic rings. The standard InChI is InChI=1S/C15H15N3S/c1-2-5-12(6-3-1)7-4-8-14-16-15(18-17-14)13-9-10-19-11-13/h1-3,5-6,9-11H,4,7-8H2,(H,16,17,18). The fourth-order valence-corrected chi connectivity index (χ4v) is 2.67. The molecular formula is C15H15N3S. The Kier molecular flexibility index (Phi) is 3.70. The quantitative estimate of drug-likeness (QED) is 0.767. The van der Waals surface area contributed by atoms with Crippen LogP contribution in [0.2, 0.25) is 0 Å². The Morgan fingerprint density at radius 3 is 2.74 bits per heavy atom. The number of hydrogen-bond donors (Lipinski definition) is 1. The van der Waals surface area contributed by atoms with Crippen molar-refractivity contribution in [2.24, 2.45) is 0 Å². The molecule has 3 rings (SSSR count). The normalized spacial score (nSPS) is 10.7. The largest absolute Gasteiger partial charge is 0.263 e. The second-order valence-corrected chi connectivity index (χ2v) is 5.24. The van der Waals surface area contributed by atoms with E-state index in [0.29, 0.717) is 0 Å². The number of nitrogens with one attached hydrogen (secondary N) is 1. The third-order valence-corrected chi connectivity index (χ3v) is 3.72. The first kappa shape index (κ1) is 12.1. The highest BCUT2D eigenvalue weighted by Crippen LogP contribution is 2.18. The SMILES string of the molecule is c1ccc(CCCc2nc(-c3ccsc3)n[nH]2)cc1. The van der Waals surface area contributed by atoms with Crippen molar-refractivity contribution in [3.05, 3.63) is 58.5 Å². The van der Waals surface area contributed by atoms with E-state index in [1.165, 1.54) is 5.56 Å². The fourth-order valence-electron chi connectivity index (χ4n) is 2.03. The molecule has 19 heavy (non-hydrogen) atoms. The van der Waals surface area contributed by atoms with Gasteiger partial charge in [-0.15, -0.1) is 0 Å². The lowest BCUT2D eigenvalue weighted by atomic mass is 10.1. The Balaban J connectivity index is 1.56. The molecule has 1 aromatic carbocycles. The molecule has 0 bridgehead atoms. The number of rotatable bonds is 5. The van der Waals surface area contributed by atoms with Gasteiger partial charge in [-0.2, -0.15) is 16.4 Å². The molecule has 4 heteroatoms. The number of thiophene rings is 1. The number of benzene rings is 1. The van der Waals surface area contributed by atoms with E-state index < -0.39 is 0 Å². The third-order valence-electron chi connectivity index (χ3n) is 3.03. The molecule has 3 aromatic rings. The highest BCUT2D eigenvalue weighted by Gasteiger charge is 2.05. The van der Waals surface area contributed by atoms with E-state index in [-0.39, 0.29) is 0 Å². The van der Waals surface area contributed by atoms with E-state index in [2.05, 4.69) is 44.8 Å². The first-order chi connectivity index (χ1) is 9.42. The third kappa shape index (κ3) is 3.09. The van der Waals surface area contributed by atoms with Gasteiger partial charge in [0.25, 0.3) is 0 Å². The lowest BCUT2D eigenvalue weighted by Gasteiger charge is -1.98. The average molecular weight is 269 g/mol. The van der Waals surface area contributed by atoms with Crippen molar-refractivity contribution in [3.8, 4) is 11.4 Å². The Morgan fingerprint density at radius 2 is 1.95 bits per heavy atom. The highest BCUT2D eigenvalue weighted by atomic mass is 32.1. The monoisotopic (exact) mass is 269 g/mol. The molecule has 0 amide bonds. The van der Waals surface area contributed by atoms with Gasteiger partial charge in [-0.05, 0) is 29.9 Å². The maximum absolute atomic E-state index is 4.52. The number of aromatic nitrogens is 3. The van der Waals surface area contributed by atoms with Gasteiger partial charge in [0.2, 0.25) is 0 Å². The van der Waals surface area contributed by atoms with Crippen molar-refractivity contribution >= 4 is 11.3 Å². The molecule has 0 saturated heterocycles. The molecule has 0 aliphatic heterocycles. The molecule has 0 radical (unpaired) electrons. The van der Waals surface area contributed by atoms with Crippen LogP contribution in [0.15, 0.2) is 47.2 Å². The van der Waals surface area contributed by atoms with Crippen molar-refractivity contribution < 1.29 is 0 Å². The van der Waals surface area contributed by atoms with Gasteiger partial charge in [0.05, 0.1) is 0 Å². The van der Waals surface area contributed by atoms with Crippen LogP contribution in [0.1, 0.15) is 17.8 Å². The van der Waals surface area contributed by atoms with Gasteiger partial charge in [0.15, 0.2) is 5.82 Å². The van der Waals surface area contributed by atoms with Gasteiger partial charge in [-0.25, -0.2) is 4.98 Å².